The van der Waals surface area contributed by atoms with Crippen LogP contribution in [0.1, 0.15) is 0 Å². The van der Waals surface area contributed by atoms with Gasteiger partial charge in [-0.3, -0.25) is 0 Å². The summed E-state index contributed by atoms with van der Waals surface area (Å²) in [6, 6.07) is 2.01. The quantitative estimate of drug-likeness (QED) is 0.536. The van der Waals surface area contributed by atoms with E-state index in [1.165, 1.54) is 0 Å². The zero-order valence-corrected chi connectivity index (χ0v) is 6.15. The van der Waals surface area contributed by atoms with Gasteiger partial charge in [0.05, 0.1) is 5.69 Å². The molecule has 10 heavy (non-hydrogen) atoms. The number of likely N-dealkylation sites (N-methyl/N-ethyl adjacent to an activating group) is 1. The largest absolute Gasteiger partial charge is 0.383 e. The first-order valence-electron chi connectivity index (χ1n) is 3.45. The van der Waals surface area contributed by atoms with Crippen molar-refractivity contribution in [2.24, 2.45) is 0 Å². The molecule has 0 saturated carbocycles. The summed E-state index contributed by atoms with van der Waals surface area (Å²) in [5.74, 6) is 0. The van der Waals surface area contributed by atoms with Crippen molar-refractivity contribution in [2.75, 3.05) is 25.5 Å². The van der Waals surface area contributed by atoms with Gasteiger partial charge in [-0.05, 0) is 13.1 Å². The summed E-state index contributed by atoms with van der Waals surface area (Å²) >= 11 is 0. The fourth-order valence-electron chi connectivity index (χ4n) is 0.766. The molecule has 0 spiro atoms. The third kappa shape index (κ3) is 2.11. The highest BCUT2D eigenvalue weighted by Gasteiger charge is 1.87. The number of aromatic amines is 1. The molecule has 0 saturated heterocycles. The van der Waals surface area contributed by atoms with Gasteiger partial charge >= 0.3 is 0 Å². The highest BCUT2D eigenvalue weighted by atomic mass is 14.9. The van der Waals surface area contributed by atoms with Gasteiger partial charge < -0.3 is 15.6 Å². The van der Waals surface area contributed by atoms with Gasteiger partial charge in [-0.25, -0.2) is 0 Å². The Morgan fingerprint density at radius 3 is 3.00 bits per heavy atom. The average molecular weight is 139 g/mol. The van der Waals surface area contributed by atoms with Crippen LogP contribution in [-0.2, 0) is 0 Å². The second kappa shape index (κ2) is 3.95. The maximum absolute atomic E-state index is 3.23. The smallest absolute Gasteiger partial charge is 0.0518 e. The Balaban J connectivity index is 2.15. The first-order valence-corrected chi connectivity index (χ1v) is 3.45. The number of aromatic nitrogens is 1. The Morgan fingerprint density at radius 1 is 1.50 bits per heavy atom. The minimum atomic E-state index is 0.967. The van der Waals surface area contributed by atoms with E-state index in [2.05, 4.69) is 15.6 Å². The molecule has 0 radical (unpaired) electrons. The number of H-pyrrole nitrogens is 1. The van der Waals surface area contributed by atoms with Crippen molar-refractivity contribution < 1.29 is 0 Å². The van der Waals surface area contributed by atoms with Crippen molar-refractivity contribution in [3.05, 3.63) is 18.5 Å². The van der Waals surface area contributed by atoms with E-state index in [1.807, 2.05) is 25.5 Å². The van der Waals surface area contributed by atoms with Crippen LogP contribution in [0.15, 0.2) is 18.5 Å². The Bertz CT molecular complexity index is 157. The molecule has 0 unspecified atom stereocenters. The van der Waals surface area contributed by atoms with Gasteiger partial charge in [0.25, 0.3) is 0 Å². The van der Waals surface area contributed by atoms with Crippen molar-refractivity contribution in [1.29, 1.82) is 0 Å². The fraction of sp³-hybridized carbons (Fsp3) is 0.429. The lowest BCUT2D eigenvalue weighted by Crippen LogP contribution is -2.17. The summed E-state index contributed by atoms with van der Waals surface area (Å²) in [6.45, 7) is 1.96. The van der Waals surface area contributed by atoms with Crippen LogP contribution >= 0.6 is 0 Å². The Hall–Kier alpha value is -0.960. The summed E-state index contributed by atoms with van der Waals surface area (Å²) in [7, 11) is 1.94. The molecule has 0 aliphatic heterocycles. The average Bonchev–Trinajstić information content (AvgIpc) is 2.41. The van der Waals surface area contributed by atoms with E-state index in [9.17, 15) is 0 Å². The van der Waals surface area contributed by atoms with E-state index in [1.54, 1.807) is 0 Å². The van der Waals surface area contributed by atoms with E-state index in [0.717, 1.165) is 18.8 Å². The molecule has 1 aromatic heterocycles. The lowest BCUT2D eigenvalue weighted by atomic mass is 10.5. The highest BCUT2D eigenvalue weighted by molar-refractivity contribution is 5.39. The van der Waals surface area contributed by atoms with Crippen molar-refractivity contribution in [3.63, 3.8) is 0 Å². The van der Waals surface area contributed by atoms with Crippen molar-refractivity contribution in [1.82, 2.24) is 10.3 Å². The zero-order valence-electron chi connectivity index (χ0n) is 6.15. The summed E-state index contributed by atoms with van der Waals surface area (Å²) in [6.07, 6.45) is 3.84. The van der Waals surface area contributed by atoms with Gasteiger partial charge in [0, 0.05) is 25.5 Å². The molecule has 0 bridgehead atoms. The van der Waals surface area contributed by atoms with Gasteiger partial charge in [-0.2, -0.15) is 0 Å². The number of hydrogen-bond donors (Lipinski definition) is 3. The van der Waals surface area contributed by atoms with Gasteiger partial charge in [0.15, 0.2) is 0 Å². The van der Waals surface area contributed by atoms with Crippen molar-refractivity contribution in [2.45, 2.75) is 0 Å². The lowest BCUT2D eigenvalue weighted by Gasteiger charge is -2.00. The monoisotopic (exact) mass is 139 g/mol. The lowest BCUT2D eigenvalue weighted by molar-refractivity contribution is 0.824. The summed E-state index contributed by atoms with van der Waals surface area (Å²) < 4.78 is 0. The molecule has 3 N–H and O–H groups in total. The topological polar surface area (TPSA) is 39.8 Å². The second-order valence-electron chi connectivity index (χ2n) is 2.13. The van der Waals surface area contributed by atoms with Gasteiger partial charge in [-0.1, -0.05) is 0 Å². The van der Waals surface area contributed by atoms with Gasteiger partial charge in [0.1, 0.15) is 0 Å². The first-order chi connectivity index (χ1) is 4.93. The predicted octanol–water partition coefficient (Wildman–Crippen LogP) is 0.646. The molecule has 1 rings (SSSR count). The summed E-state index contributed by atoms with van der Waals surface area (Å²) in [4.78, 5) is 2.97. The molecule has 3 nitrogen and oxygen atoms in total. The molecule has 0 aliphatic rings. The molecule has 1 aromatic rings. The van der Waals surface area contributed by atoms with Crippen LogP contribution in [0.4, 0.5) is 5.69 Å². The van der Waals surface area contributed by atoms with E-state index < -0.39 is 0 Å². The van der Waals surface area contributed by atoms with E-state index in [4.69, 9.17) is 0 Å². The second-order valence-corrected chi connectivity index (χ2v) is 2.13. The van der Waals surface area contributed by atoms with Crippen LogP contribution in [-0.4, -0.2) is 25.1 Å². The summed E-state index contributed by atoms with van der Waals surface area (Å²) in [5.41, 5.74) is 1.15. The molecule has 3 heteroatoms. The van der Waals surface area contributed by atoms with Gasteiger partial charge in [0.2, 0.25) is 0 Å². The SMILES string of the molecule is CNCCNc1cc[nH]c1. The van der Waals surface area contributed by atoms with Crippen LogP contribution in [0, 0.1) is 0 Å². The molecule has 0 atom stereocenters. The van der Waals surface area contributed by atoms with E-state index in [-0.39, 0.29) is 0 Å². The molecular weight excluding hydrogens is 126 g/mol. The van der Waals surface area contributed by atoms with Crippen LogP contribution in [0.25, 0.3) is 0 Å². The fourth-order valence-corrected chi connectivity index (χ4v) is 0.766. The molecule has 0 fully saturated rings. The number of rotatable bonds is 4. The predicted molar refractivity (Wildman–Crippen MR) is 43.2 cm³/mol. The summed E-state index contributed by atoms with van der Waals surface area (Å²) in [5, 5.41) is 6.29. The maximum Gasteiger partial charge on any atom is 0.0518 e. The molecule has 0 aromatic carbocycles. The third-order valence-corrected chi connectivity index (χ3v) is 1.30. The Kier molecular flexibility index (Phi) is 2.83. The number of anilines is 1. The standard InChI is InChI=1S/C7H13N3/c1-8-4-5-10-7-2-3-9-6-7/h2-3,6,8-10H,4-5H2,1H3. The van der Waals surface area contributed by atoms with Crippen LogP contribution in [0.5, 0.6) is 0 Å². The third-order valence-electron chi connectivity index (χ3n) is 1.30. The Labute approximate surface area is 60.8 Å². The Morgan fingerprint density at radius 2 is 2.40 bits per heavy atom. The highest BCUT2D eigenvalue weighted by Crippen LogP contribution is 2.01. The normalized spacial score (nSPS) is 9.70. The number of hydrogen-bond acceptors (Lipinski definition) is 2. The zero-order chi connectivity index (χ0) is 7.23. The number of nitrogens with one attached hydrogen (secondary N) is 3. The molecule has 56 valence electrons. The van der Waals surface area contributed by atoms with E-state index >= 15 is 0 Å². The van der Waals surface area contributed by atoms with Crippen LogP contribution in [0.3, 0.4) is 0 Å². The maximum atomic E-state index is 3.23. The molecule has 0 amide bonds. The molecule has 0 aliphatic carbocycles. The van der Waals surface area contributed by atoms with Crippen LogP contribution < -0.4 is 10.6 Å². The van der Waals surface area contributed by atoms with Crippen molar-refractivity contribution >= 4 is 5.69 Å². The van der Waals surface area contributed by atoms with Gasteiger partial charge in [-0.15, -0.1) is 0 Å². The minimum Gasteiger partial charge on any atom is -0.383 e. The van der Waals surface area contributed by atoms with Crippen LogP contribution in [0.2, 0.25) is 0 Å². The minimum absolute atomic E-state index is 0.967. The van der Waals surface area contributed by atoms with E-state index in [0.29, 0.717) is 0 Å². The molecular formula is C7H13N3. The molecule has 1 heterocycles. The first kappa shape index (κ1) is 7.15. The van der Waals surface area contributed by atoms with Crippen molar-refractivity contribution in [3.8, 4) is 0 Å².